The summed E-state index contributed by atoms with van der Waals surface area (Å²) in [5.41, 5.74) is 0.699. The van der Waals surface area contributed by atoms with Crippen molar-refractivity contribution in [1.29, 1.82) is 0 Å². The van der Waals surface area contributed by atoms with Crippen LogP contribution in [0.1, 0.15) is 26.7 Å². The van der Waals surface area contributed by atoms with Crippen LogP contribution in [0, 0.1) is 5.41 Å². The van der Waals surface area contributed by atoms with Gasteiger partial charge in [-0.3, -0.25) is 0 Å². The van der Waals surface area contributed by atoms with Gasteiger partial charge in [-0.25, -0.2) is 0 Å². The van der Waals surface area contributed by atoms with E-state index in [0.717, 1.165) is 0 Å². The molecule has 0 spiro atoms. The molecular weight excluding hydrogens is 110 g/mol. The molecule has 0 aromatic carbocycles. The van der Waals surface area contributed by atoms with Gasteiger partial charge in [-0.15, -0.1) is 0 Å². The first-order valence-corrected chi connectivity index (χ1v) is 3.85. The zero-order valence-corrected chi connectivity index (χ0v) is 6.78. The first-order chi connectivity index (χ1) is 4.16. The minimum Gasteiger partial charge on any atom is -0.306 e. The van der Waals surface area contributed by atoms with Gasteiger partial charge in [-0.2, -0.15) is 0 Å². The molecule has 1 fully saturated rings. The van der Waals surface area contributed by atoms with Crippen molar-refractivity contribution in [3.63, 3.8) is 0 Å². The Labute approximate surface area is 58.0 Å². The van der Waals surface area contributed by atoms with E-state index >= 15 is 0 Å². The SMILES string of the molecule is CCN(C)CC1(C)CC1. The normalized spacial score (nSPS) is 22.7. The molecule has 0 radical (unpaired) electrons. The Hall–Kier alpha value is -0.0400. The number of nitrogens with zero attached hydrogens (tertiary/aromatic N) is 1. The third-order valence-corrected chi connectivity index (χ3v) is 2.30. The molecule has 0 aliphatic heterocycles. The smallest absolute Gasteiger partial charge is 0.00322 e. The summed E-state index contributed by atoms with van der Waals surface area (Å²) in [5.74, 6) is 0. The summed E-state index contributed by atoms with van der Waals surface area (Å²) in [4.78, 5) is 2.40. The van der Waals surface area contributed by atoms with E-state index in [-0.39, 0.29) is 0 Å². The maximum Gasteiger partial charge on any atom is 0.00322 e. The molecule has 1 aliphatic carbocycles. The molecule has 0 atom stereocenters. The molecule has 1 saturated carbocycles. The summed E-state index contributed by atoms with van der Waals surface area (Å²) >= 11 is 0. The summed E-state index contributed by atoms with van der Waals surface area (Å²) in [6.45, 7) is 7.07. The van der Waals surface area contributed by atoms with Gasteiger partial charge in [-0.1, -0.05) is 13.8 Å². The van der Waals surface area contributed by atoms with Gasteiger partial charge in [0.05, 0.1) is 0 Å². The Morgan fingerprint density at radius 2 is 2.00 bits per heavy atom. The van der Waals surface area contributed by atoms with E-state index in [1.807, 2.05) is 0 Å². The monoisotopic (exact) mass is 127 g/mol. The van der Waals surface area contributed by atoms with Gasteiger partial charge >= 0.3 is 0 Å². The fourth-order valence-electron chi connectivity index (χ4n) is 1.13. The van der Waals surface area contributed by atoms with Crippen LogP contribution in [0.15, 0.2) is 0 Å². The lowest BCUT2D eigenvalue weighted by Crippen LogP contribution is -2.24. The average Bonchev–Trinajstić information content (AvgIpc) is 2.48. The van der Waals surface area contributed by atoms with Gasteiger partial charge in [0.15, 0.2) is 0 Å². The first-order valence-electron chi connectivity index (χ1n) is 3.85. The van der Waals surface area contributed by atoms with Crippen molar-refractivity contribution in [2.45, 2.75) is 26.7 Å². The molecule has 1 rings (SSSR count). The third-order valence-electron chi connectivity index (χ3n) is 2.30. The quantitative estimate of drug-likeness (QED) is 0.558. The highest BCUT2D eigenvalue weighted by Crippen LogP contribution is 2.45. The fourth-order valence-corrected chi connectivity index (χ4v) is 1.13. The minimum atomic E-state index is 0.699. The van der Waals surface area contributed by atoms with Gasteiger partial charge in [0, 0.05) is 6.54 Å². The molecule has 0 unspecified atom stereocenters. The Balaban J connectivity index is 2.17. The summed E-state index contributed by atoms with van der Waals surface area (Å²) in [6.07, 6.45) is 2.88. The van der Waals surface area contributed by atoms with E-state index in [1.165, 1.54) is 25.9 Å². The van der Waals surface area contributed by atoms with E-state index in [0.29, 0.717) is 5.41 Å². The fraction of sp³-hybridized carbons (Fsp3) is 1.00. The second kappa shape index (κ2) is 2.30. The van der Waals surface area contributed by atoms with Gasteiger partial charge < -0.3 is 4.90 Å². The maximum absolute atomic E-state index is 2.40. The second-order valence-electron chi connectivity index (χ2n) is 3.64. The minimum absolute atomic E-state index is 0.699. The van der Waals surface area contributed by atoms with Crippen molar-refractivity contribution in [3.8, 4) is 0 Å². The van der Waals surface area contributed by atoms with Gasteiger partial charge in [-0.05, 0) is 31.8 Å². The van der Waals surface area contributed by atoms with Crippen LogP contribution in [0.5, 0.6) is 0 Å². The predicted octanol–water partition coefficient (Wildman–Crippen LogP) is 1.74. The van der Waals surface area contributed by atoms with E-state index in [1.54, 1.807) is 0 Å². The molecule has 0 aromatic rings. The van der Waals surface area contributed by atoms with Crippen LogP contribution in [0.3, 0.4) is 0 Å². The Bertz CT molecular complexity index is 94.7. The molecule has 9 heavy (non-hydrogen) atoms. The molecule has 0 saturated heterocycles. The van der Waals surface area contributed by atoms with Crippen LogP contribution >= 0.6 is 0 Å². The van der Waals surface area contributed by atoms with E-state index in [2.05, 4.69) is 25.8 Å². The molecular formula is C8H17N. The van der Waals surface area contributed by atoms with Gasteiger partial charge in [0.1, 0.15) is 0 Å². The van der Waals surface area contributed by atoms with E-state index in [9.17, 15) is 0 Å². The van der Waals surface area contributed by atoms with Crippen LogP contribution in [-0.4, -0.2) is 25.0 Å². The van der Waals surface area contributed by atoms with Crippen LogP contribution < -0.4 is 0 Å². The molecule has 1 nitrogen and oxygen atoms in total. The van der Waals surface area contributed by atoms with Crippen LogP contribution in [0.2, 0.25) is 0 Å². The molecule has 0 amide bonds. The van der Waals surface area contributed by atoms with Crippen LogP contribution in [0.4, 0.5) is 0 Å². The number of hydrogen-bond donors (Lipinski definition) is 0. The molecule has 1 heteroatoms. The van der Waals surface area contributed by atoms with Crippen molar-refractivity contribution in [2.75, 3.05) is 20.1 Å². The topological polar surface area (TPSA) is 3.24 Å². The molecule has 54 valence electrons. The van der Waals surface area contributed by atoms with Crippen molar-refractivity contribution in [2.24, 2.45) is 5.41 Å². The zero-order chi connectivity index (χ0) is 6.91. The summed E-state index contributed by atoms with van der Waals surface area (Å²) < 4.78 is 0. The van der Waals surface area contributed by atoms with Crippen molar-refractivity contribution >= 4 is 0 Å². The Kier molecular flexibility index (Phi) is 1.80. The summed E-state index contributed by atoms with van der Waals surface area (Å²) in [5, 5.41) is 0. The standard InChI is InChI=1S/C8H17N/c1-4-9(3)7-8(2)5-6-8/h4-7H2,1-3H3. The molecule has 0 N–H and O–H groups in total. The summed E-state index contributed by atoms with van der Waals surface area (Å²) in [6, 6.07) is 0. The average molecular weight is 127 g/mol. The zero-order valence-electron chi connectivity index (χ0n) is 6.78. The van der Waals surface area contributed by atoms with Gasteiger partial charge in [0.2, 0.25) is 0 Å². The Morgan fingerprint density at radius 3 is 2.33 bits per heavy atom. The highest BCUT2D eigenvalue weighted by Gasteiger charge is 2.37. The van der Waals surface area contributed by atoms with Crippen molar-refractivity contribution < 1.29 is 0 Å². The van der Waals surface area contributed by atoms with E-state index in [4.69, 9.17) is 0 Å². The lowest BCUT2D eigenvalue weighted by atomic mass is 10.1. The third kappa shape index (κ3) is 1.98. The maximum atomic E-state index is 2.40. The van der Waals surface area contributed by atoms with E-state index < -0.39 is 0 Å². The first kappa shape index (κ1) is 7.07. The number of hydrogen-bond acceptors (Lipinski definition) is 1. The number of rotatable bonds is 3. The van der Waals surface area contributed by atoms with Crippen molar-refractivity contribution in [1.82, 2.24) is 4.90 Å². The molecule has 0 bridgehead atoms. The second-order valence-corrected chi connectivity index (χ2v) is 3.64. The molecule has 1 aliphatic rings. The largest absolute Gasteiger partial charge is 0.306 e. The van der Waals surface area contributed by atoms with Crippen molar-refractivity contribution in [3.05, 3.63) is 0 Å². The summed E-state index contributed by atoms with van der Waals surface area (Å²) in [7, 11) is 2.20. The van der Waals surface area contributed by atoms with Crippen LogP contribution in [0.25, 0.3) is 0 Å². The lowest BCUT2D eigenvalue weighted by molar-refractivity contribution is 0.287. The lowest BCUT2D eigenvalue weighted by Gasteiger charge is -2.17. The molecule has 0 heterocycles. The van der Waals surface area contributed by atoms with Gasteiger partial charge in [0.25, 0.3) is 0 Å². The highest BCUT2D eigenvalue weighted by molar-refractivity contribution is 4.90. The Morgan fingerprint density at radius 1 is 1.44 bits per heavy atom. The molecule has 0 aromatic heterocycles. The van der Waals surface area contributed by atoms with Crippen LogP contribution in [-0.2, 0) is 0 Å². The highest BCUT2D eigenvalue weighted by atomic mass is 15.1. The predicted molar refractivity (Wildman–Crippen MR) is 40.5 cm³/mol.